The van der Waals surface area contributed by atoms with Gasteiger partial charge in [0.05, 0.1) is 12.2 Å². The highest BCUT2D eigenvalue weighted by Gasteiger charge is 2.28. The molecule has 17 heavy (non-hydrogen) atoms. The van der Waals surface area contributed by atoms with Crippen LogP contribution in [0.25, 0.3) is 0 Å². The number of nitrogens with zero attached hydrogens (tertiary/aromatic N) is 1. The van der Waals surface area contributed by atoms with Gasteiger partial charge in [0.15, 0.2) is 0 Å². The number of hydrogen-bond acceptors (Lipinski definition) is 1. The predicted octanol–water partition coefficient (Wildman–Crippen LogP) is 3.61. The quantitative estimate of drug-likeness (QED) is 0.785. The first-order valence-corrected chi connectivity index (χ1v) is 6.21. The molecule has 2 nitrogen and oxygen atoms in total. The van der Waals surface area contributed by atoms with Crippen molar-refractivity contribution in [3.63, 3.8) is 0 Å². The molecule has 1 heterocycles. The van der Waals surface area contributed by atoms with Crippen LogP contribution in [0.1, 0.15) is 15.9 Å². The van der Waals surface area contributed by atoms with E-state index < -0.39 is 0 Å². The molecular weight excluding hydrogens is 278 g/mol. The minimum Gasteiger partial charge on any atom is -0.303 e. The summed E-state index contributed by atoms with van der Waals surface area (Å²) in [5.74, 6) is 0.0764. The molecule has 0 radical (unpaired) electrons. The van der Waals surface area contributed by atoms with Crippen LogP contribution in [0.4, 0.5) is 5.69 Å². The number of anilines is 1. The van der Waals surface area contributed by atoms with Gasteiger partial charge in [0.25, 0.3) is 5.91 Å². The van der Waals surface area contributed by atoms with Gasteiger partial charge in [0.2, 0.25) is 0 Å². The minimum absolute atomic E-state index is 0.0764. The number of hydrogen-bond donors (Lipinski definition) is 0. The standard InChI is InChI=1S/C14H10BrNO/c15-12-7-3-4-8-13(12)16-9-10-5-1-2-6-11(10)14(16)17/h1-8H,9H2. The van der Waals surface area contributed by atoms with Crippen molar-refractivity contribution in [2.45, 2.75) is 6.54 Å². The number of amides is 1. The molecule has 0 fully saturated rings. The zero-order chi connectivity index (χ0) is 11.8. The summed E-state index contributed by atoms with van der Waals surface area (Å²) in [5, 5.41) is 0. The first kappa shape index (κ1) is 10.5. The Morgan fingerprint density at radius 1 is 1.00 bits per heavy atom. The largest absolute Gasteiger partial charge is 0.303 e. The lowest BCUT2D eigenvalue weighted by Crippen LogP contribution is -2.23. The van der Waals surface area contributed by atoms with Crippen LogP contribution < -0.4 is 4.90 Å². The summed E-state index contributed by atoms with van der Waals surface area (Å²) < 4.78 is 0.946. The van der Waals surface area contributed by atoms with Crippen molar-refractivity contribution in [3.8, 4) is 0 Å². The summed E-state index contributed by atoms with van der Waals surface area (Å²) in [6.07, 6.45) is 0. The summed E-state index contributed by atoms with van der Waals surface area (Å²) in [7, 11) is 0. The molecule has 0 atom stereocenters. The van der Waals surface area contributed by atoms with Crippen molar-refractivity contribution in [2.24, 2.45) is 0 Å². The van der Waals surface area contributed by atoms with Gasteiger partial charge in [-0.1, -0.05) is 30.3 Å². The van der Waals surface area contributed by atoms with Gasteiger partial charge in [0, 0.05) is 10.0 Å². The van der Waals surface area contributed by atoms with Gasteiger partial charge in [-0.2, -0.15) is 0 Å². The number of halogens is 1. The number of fused-ring (bicyclic) bond motifs is 1. The van der Waals surface area contributed by atoms with Crippen LogP contribution in [0.5, 0.6) is 0 Å². The van der Waals surface area contributed by atoms with Crippen LogP contribution in [0.3, 0.4) is 0 Å². The Hall–Kier alpha value is -1.61. The summed E-state index contributed by atoms with van der Waals surface area (Å²) in [5.41, 5.74) is 2.82. The Labute approximate surface area is 108 Å². The highest BCUT2D eigenvalue weighted by Crippen LogP contribution is 2.32. The predicted molar refractivity (Wildman–Crippen MR) is 71.1 cm³/mol. The maximum atomic E-state index is 12.3. The summed E-state index contributed by atoms with van der Waals surface area (Å²) in [4.78, 5) is 14.1. The van der Waals surface area contributed by atoms with Gasteiger partial charge >= 0.3 is 0 Å². The van der Waals surface area contributed by atoms with Gasteiger partial charge in [-0.15, -0.1) is 0 Å². The monoisotopic (exact) mass is 287 g/mol. The number of para-hydroxylation sites is 1. The maximum absolute atomic E-state index is 12.3. The fourth-order valence-electron chi connectivity index (χ4n) is 2.12. The fourth-order valence-corrected chi connectivity index (χ4v) is 2.62. The molecule has 0 aliphatic carbocycles. The molecule has 0 aromatic heterocycles. The molecule has 0 N–H and O–H groups in total. The molecule has 3 rings (SSSR count). The highest BCUT2D eigenvalue weighted by molar-refractivity contribution is 9.10. The molecule has 1 amide bonds. The van der Waals surface area contributed by atoms with E-state index in [9.17, 15) is 4.79 Å². The van der Waals surface area contributed by atoms with Crippen LogP contribution in [0.2, 0.25) is 0 Å². The number of carbonyl (C=O) groups is 1. The van der Waals surface area contributed by atoms with Crippen LogP contribution in [0, 0.1) is 0 Å². The fraction of sp³-hybridized carbons (Fsp3) is 0.0714. The highest BCUT2D eigenvalue weighted by atomic mass is 79.9. The Morgan fingerprint density at radius 3 is 2.47 bits per heavy atom. The van der Waals surface area contributed by atoms with E-state index in [4.69, 9.17) is 0 Å². The average Bonchev–Trinajstić information content (AvgIpc) is 2.68. The summed E-state index contributed by atoms with van der Waals surface area (Å²) in [6.45, 7) is 0.650. The molecule has 0 saturated carbocycles. The SMILES string of the molecule is O=C1c2ccccc2CN1c1ccccc1Br. The molecule has 0 saturated heterocycles. The molecule has 3 heteroatoms. The van der Waals surface area contributed by atoms with E-state index >= 15 is 0 Å². The third-order valence-electron chi connectivity index (χ3n) is 2.96. The Morgan fingerprint density at radius 2 is 1.71 bits per heavy atom. The second-order valence-electron chi connectivity index (χ2n) is 4.00. The zero-order valence-electron chi connectivity index (χ0n) is 9.06. The molecule has 2 aromatic carbocycles. The minimum atomic E-state index is 0.0764. The van der Waals surface area contributed by atoms with E-state index in [-0.39, 0.29) is 5.91 Å². The van der Waals surface area contributed by atoms with Gasteiger partial charge in [-0.25, -0.2) is 0 Å². The lowest BCUT2D eigenvalue weighted by molar-refractivity contribution is 0.0996. The number of carbonyl (C=O) groups excluding carboxylic acids is 1. The van der Waals surface area contributed by atoms with Gasteiger partial charge in [-0.05, 0) is 39.7 Å². The topological polar surface area (TPSA) is 20.3 Å². The van der Waals surface area contributed by atoms with Crippen LogP contribution in [0.15, 0.2) is 53.0 Å². The van der Waals surface area contributed by atoms with Gasteiger partial charge in [-0.3, -0.25) is 4.79 Å². The van der Waals surface area contributed by atoms with Gasteiger partial charge in [0.1, 0.15) is 0 Å². The normalized spacial score (nSPS) is 13.9. The lowest BCUT2D eigenvalue weighted by atomic mass is 10.1. The van der Waals surface area contributed by atoms with Crippen molar-refractivity contribution >= 4 is 27.5 Å². The van der Waals surface area contributed by atoms with Crippen molar-refractivity contribution < 1.29 is 4.79 Å². The van der Waals surface area contributed by atoms with Gasteiger partial charge < -0.3 is 4.90 Å². The van der Waals surface area contributed by atoms with E-state index in [1.165, 1.54) is 0 Å². The van der Waals surface area contributed by atoms with E-state index in [1.54, 1.807) is 4.90 Å². The zero-order valence-corrected chi connectivity index (χ0v) is 10.6. The first-order valence-electron chi connectivity index (χ1n) is 5.41. The summed E-state index contributed by atoms with van der Waals surface area (Å²) >= 11 is 3.48. The lowest BCUT2D eigenvalue weighted by Gasteiger charge is -2.17. The first-order chi connectivity index (χ1) is 8.27. The summed E-state index contributed by atoms with van der Waals surface area (Å²) in [6, 6.07) is 15.5. The van der Waals surface area contributed by atoms with Crippen molar-refractivity contribution in [1.82, 2.24) is 0 Å². The van der Waals surface area contributed by atoms with E-state index in [0.717, 1.165) is 21.3 Å². The Balaban J connectivity index is 2.05. The second kappa shape index (κ2) is 4.00. The molecular formula is C14H10BrNO. The van der Waals surface area contributed by atoms with E-state index in [1.807, 2.05) is 48.5 Å². The van der Waals surface area contributed by atoms with Crippen LogP contribution in [-0.4, -0.2) is 5.91 Å². The Kier molecular flexibility index (Phi) is 2.48. The second-order valence-corrected chi connectivity index (χ2v) is 4.85. The molecule has 0 spiro atoms. The Bertz CT molecular complexity index is 594. The van der Waals surface area contributed by atoms with Crippen molar-refractivity contribution in [2.75, 3.05) is 4.90 Å². The molecule has 1 aliphatic rings. The van der Waals surface area contributed by atoms with E-state index in [2.05, 4.69) is 15.9 Å². The molecule has 0 bridgehead atoms. The molecule has 1 aliphatic heterocycles. The van der Waals surface area contributed by atoms with Crippen molar-refractivity contribution in [3.05, 3.63) is 64.1 Å². The molecule has 84 valence electrons. The number of rotatable bonds is 1. The smallest absolute Gasteiger partial charge is 0.258 e. The van der Waals surface area contributed by atoms with Crippen LogP contribution in [-0.2, 0) is 6.54 Å². The number of benzene rings is 2. The van der Waals surface area contributed by atoms with Crippen molar-refractivity contribution in [1.29, 1.82) is 0 Å². The third-order valence-corrected chi connectivity index (χ3v) is 3.64. The third kappa shape index (κ3) is 1.67. The molecule has 0 unspecified atom stereocenters. The van der Waals surface area contributed by atoms with E-state index in [0.29, 0.717) is 6.54 Å². The maximum Gasteiger partial charge on any atom is 0.258 e. The molecule has 2 aromatic rings. The average molecular weight is 288 g/mol. The van der Waals surface area contributed by atoms with Crippen LogP contribution >= 0.6 is 15.9 Å².